The van der Waals surface area contributed by atoms with Gasteiger partial charge in [0.05, 0.1) is 5.70 Å². The zero-order chi connectivity index (χ0) is 30.2. The average Bonchev–Trinajstić information content (AvgIpc) is 2.98. The quantitative estimate of drug-likeness (QED) is 0.240. The summed E-state index contributed by atoms with van der Waals surface area (Å²) in [6.07, 6.45) is 10.7. The first kappa shape index (κ1) is 30.7. The van der Waals surface area contributed by atoms with Crippen LogP contribution in [0.1, 0.15) is 75.0 Å². The number of aliphatic imine (C=N–C) groups is 1. The van der Waals surface area contributed by atoms with Crippen molar-refractivity contribution in [1.29, 1.82) is 0 Å². The monoisotopic (exact) mass is 567 g/mol. The number of nitrogens with zero attached hydrogens (tertiary/aromatic N) is 4. The molecule has 4 rings (SSSR count). The SMILES string of the molecule is C=C(C(CC)CC)N1C=CN=C(N)/C1=C(\c1ccc(Cc2cc(F)cc(OCc3cnc(C)nc3)c2)cc1)C(C)CC. The lowest BCUT2D eigenvalue weighted by molar-refractivity contribution is 0.303. The Morgan fingerprint density at radius 1 is 0.976 bits per heavy atom. The third kappa shape index (κ3) is 7.32. The van der Waals surface area contributed by atoms with Crippen molar-refractivity contribution in [2.75, 3.05) is 0 Å². The Hall–Kier alpha value is -4.26. The maximum absolute atomic E-state index is 14.5. The van der Waals surface area contributed by atoms with Crippen molar-refractivity contribution in [3.63, 3.8) is 0 Å². The summed E-state index contributed by atoms with van der Waals surface area (Å²) in [7, 11) is 0. The van der Waals surface area contributed by atoms with E-state index in [-0.39, 0.29) is 18.3 Å². The van der Waals surface area contributed by atoms with E-state index in [1.807, 2.05) is 19.2 Å². The minimum atomic E-state index is -0.332. The minimum Gasteiger partial charge on any atom is -0.489 e. The van der Waals surface area contributed by atoms with Gasteiger partial charge in [0, 0.05) is 42.1 Å². The maximum atomic E-state index is 14.5. The van der Waals surface area contributed by atoms with Crippen LogP contribution in [-0.4, -0.2) is 20.7 Å². The molecule has 0 radical (unpaired) electrons. The molecule has 42 heavy (non-hydrogen) atoms. The Morgan fingerprint density at radius 2 is 1.67 bits per heavy atom. The summed E-state index contributed by atoms with van der Waals surface area (Å²) in [5.41, 5.74) is 13.4. The first-order chi connectivity index (χ1) is 20.2. The molecule has 3 aromatic rings. The summed E-state index contributed by atoms with van der Waals surface area (Å²) < 4.78 is 20.4. The van der Waals surface area contributed by atoms with Gasteiger partial charge in [-0.05, 0) is 78.8 Å². The molecule has 1 atom stereocenters. The van der Waals surface area contributed by atoms with Gasteiger partial charge in [0.25, 0.3) is 0 Å². The Bertz CT molecular complexity index is 1470. The van der Waals surface area contributed by atoms with Crippen LogP contribution in [0.4, 0.5) is 4.39 Å². The smallest absolute Gasteiger partial charge is 0.148 e. The second-order valence-electron chi connectivity index (χ2n) is 10.9. The van der Waals surface area contributed by atoms with E-state index in [0.717, 1.165) is 58.5 Å². The normalized spacial score (nSPS) is 15.0. The summed E-state index contributed by atoms with van der Waals surface area (Å²) in [5.74, 6) is 1.92. The van der Waals surface area contributed by atoms with Crippen molar-refractivity contribution in [1.82, 2.24) is 14.9 Å². The van der Waals surface area contributed by atoms with E-state index >= 15 is 0 Å². The number of hydrogen-bond acceptors (Lipinski definition) is 6. The van der Waals surface area contributed by atoms with Gasteiger partial charge in [0.1, 0.15) is 29.8 Å². The molecule has 0 saturated heterocycles. The zero-order valence-electron chi connectivity index (χ0n) is 25.4. The van der Waals surface area contributed by atoms with Crippen molar-refractivity contribution in [2.24, 2.45) is 22.6 Å². The molecule has 1 aliphatic rings. The van der Waals surface area contributed by atoms with Crippen LogP contribution < -0.4 is 10.5 Å². The highest BCUT2D eigenvalue weighted by molar-refractivity contribution is 6.05. The van der Waals surface area contributed by atoms with E-state index in [9.17, 15) is 4.39 Å². The highest BCUT2D eigenvalue weighted by atomic mass is 19.1. The molecule has 1 aromatic heterocycles. The van der Waals surface area contributed by atoms with E-state index in [0.29, 0.717) is 29.7 Å². The number of allylic oxidation sites excluding steroid dienone is 2. The number of nitrogens with two attached hydrogens (primary N) is 1. The van der Waals surface area contributed by atoms with Gasteiger partial charge in [-0.2, -0.15) is 0 Å². The van der Waals surface area contributed by atoms with Crippen LogP contribution in [-0.2, 0) is 13.0 Å². The summed E-state index contributed by atoms with van der Waals surface area (Å²) >= 11 is 0. The molecule has 220 valence electrons. The maximum Gasteiger partial charge on any atom is 0.148 e. The molecule has 6 nitrogen and oxygen atoms in total. The number of aryl methyl sites for hydroxylation is 1. The lowest BCUT2D eigenvalue weighted by Gasteiger charge is -2.34. The zero-order valence-corrected chi connectivity index (χ0v) is 25.4. The van der Waals surface area contributed by atoms with Gasteiger partial charge in [-0.1, -0.05) is 58.5 Å². The van der Waals surface area contributed by atoms with Gasteiger partial charge < -0.3 is 15.4 Å². The van der Waals surface area contributed by atoms with Crippen LogP contribution >= 0.6 is 0 Å². The molecule has 0 spiro atoms. The van der Waals surface area contributed by atoms with Crippen molar-refractivity contribution in [3.8, 4) is 5.75 Å². The molecule has 0 aliphatic carbocycles. The third-order valence-electron chi connectivity index (χ3n) is 7.88. The lowest BCUT2D eigenvalue weighted by Crippen LogP contribution is -2.33. The second-order valence-corrected chi connectivity index (χ2v) is 10.9. The van der Waals surface area contributed by atoms with Crippen molar-refractivity contribution < 1.29 is 9.13 Å². The first-order valence-corrected chi connectivity index (χ1v) is 14.8. The Morgan fingerprint density at radius 3 is 2.31 bits per heavy atom. The Balaban J connectivity index is 1.60. The molecule has 2 N–H and O–H groups in total. The molecule has 1 aliphatic heterocycles. The number of hydrogen-bond donors (Lipinski definition) is 1. The fourth-order valence-corrected chi connectivity index (χ4v) is 5.27. The summed E-state index contributed by atoms with van der Waals surface area (Å²) in [4.78, 5) is 15.0. The second kappa shape index (κ2) is 14.1. The van der Waals surface area contributed by atoms with E-state index < -0.39 is 0 Å². The Labute approximate surface area is 249 Å². The molecule has 0 saturated carbocycles. The largest absolute Gasteiger partial charge is 0.489 e. The molecule has 7 heteroatoms. The molecule has 2 heterocycles. The predicted octanol–water partition coefficient (Wildman–Crippen LogP) is 7.95. The molecular weight excluding hydrogens is 525 g/mol. The van der Waals surface area contributed by atoms with E-state index in [1.54, 1.807) is 24.7 Å². The van der Waals surface area contributed by atoms with Crippen molar-refractivity contribution in [3.05, 3.63) is 119 Å². The number of rotatable bonds is 12. The molecule has 0 fully saturated rings. The standard InChI is InChI=1S/C35H42FN5O/c1-7-23(4)33(34-35(37)38-14-15-41(34)24(5)29(8-2)9-3)30-12-10-26(11-13-30)16-27-17-31(36)19-32(18-27)42-22-28-20-39-25(6)40-21-28/h10-15,17-21,23,29H,5,7-9,16,22H2,1-4,6H3,(H2,37,38)/b34-33+. The average molecular weight is 568 g/mol. The van der Waals surface area contributed by atoms with Crippen LogP contribution in [0.2, 0.25) is 0 Å². The number of amidine groups is 1. The summed E-state index contributed by atoms with van der Waals surface area (Å²) in [6, 6.07) is 13.3. The summed E-state index contributed by atoms with van der Waals surface area (Å²) in [5, 5.41) is 0. The van der Waals surface area contributed by atoms with Crippen molar-refractivity contribution >= 4 is 11.4 Å². The number of aromatic nitrogens is 2. The van der Waals surface area contributed by atoms with Gasteiger partial charge in [0.2, 0.25) is 0 Å². The van der Waals surface area contributed by atoms with Crippen LogP contribution in [0.5, 0.6) is 5.75 Å². The van der Waals surface area contributed by atoms with Crippen LogP contribution in [0.15, 0.2) is 90.2 Å². The predicted molar refractivity (Wildman–Crippen MR) is 169 cm³/mol. The van der Waals surface area contributed by atoms with Gasteiger partial charge >= 0.3 is 0 Å². The lowest BCUT2D eigenvalue weighted by atomic mass is 9.87. The van der Waals surface area contributed by atoms with Gasteiger partial charge in [-0.15, -0.1) is 0 Å². The third-order valence-corrected chi connectivity index (χ3v) is 7.88. The highest BCUT2D eigenvalue weighted by Gasteiger charge is 2.27. The Kier molecular flexibility index (Phi) is 10.3. The molecule has 2 aromatic carbocycles. The summed E-state index contributed by atoms with van der Waals surface area (Å²) in [6.45, 7) is 15.3. The minimum absolute atomic E-state index is 0.241. The number of ether oxygens (including phenoxy) is 1. The van der Waals surface area contributed by atoms with E-state index in [2.05, 4.69) is 78.4 Å². The highest BCUT2D eigenvalue weighted by Crippen LogP contribution is 2.36. The topological polar surface area (TPSA) is 76.6 Å². The fraction of sp³-hybridized carbons (Fsp3) is 0.343. The molecule has 1 unspecified atom stereocenters. The molecular formula is C35H42FN5O. The number of benzene rings is 2. The van der Waals surface area contributed by atoms with E-state index in [4.69, 9.17) is 10.5 Å². The molecule has 0 amide bonds. The van der Waals surface area contributed by atoms with Gasteiger partial charge in [0.15, 0.2) is 0 Å². The first-order valence-electron chi connectivity index (χ1n) is 14.8. The van der Waals surface area contributed by atoms with Gasteiger partial charge in [-0.3, -0.25) is 0 Å². The number of halogens is 1. The van der Waals surface area contributed by atoms with Crippen LogP contribution in [0.25, 0.3) is 5.57 Å². The van der Waals surface area contributed by atoms with Crippen LogP contribution in [0.3, 0.4) is 0 Å². The fourth-order valence-electron chi connectivity index (χ4n) is 5.27. The molecule has 0 bridgehead atoms. The van der Waals surface area contributed by atoms with Crippen LogP contribution in [0, 0.1) is 24.6 Å². The van der Waals surface area contributed by atoms with Crippen molar-refractivity contribution in [2.45, 2.75) is 66.9 Å². The van der Waals surface area contributed by atoms with Gasteiger partial charge in [-0.25, -0.2) is 19.4 Å². The van der Waals surface area contributed by atoms with E-state index in [1.165, 1.54) is 6.07 Å².